The monoisotopic (exact) mass is 376 g/mol. The van der Waals surface area contributed by atoms with Crippen molar-refractivity contribution in [2.75, 3.05) is 10.6 Å². The largest absolute Gasteiger partial charge is 0.381 e. The fourth-order valence-corrected chi connectivity index (χ4v) is 3.47. The molecule has 1 aromatic carbocycles. The van der Waals surface area contributed by atoms with Gasteiger partial charge in [-0.1, -0.05) is 25.3 Å². The zero-order chi connectivity index (χ0) is 19.2. The summed E-state index contributed by atoms with van der Waals surface area (Å²) < 4.78 is 0. The maximum absolute atomic E-state index is 12.2. The minimum absolute atomic E-state index is 0.239. The molecule has 1 fully saturated rings. The van der Waals surface area contributed by atoms with Crippen molar-refractivity contribution in [1.82, 2.24) is 20.3 Å². The van der Waals surface area contributed by atoms with Gasteiger partial charge in [-0.25, -0.2) is 14.8 Å². The Hall–Kier alpha value is -3.22. The van der Waals surface area contributed by atoms with E-state index in [1.807, 2.05) is 36.5 Å². The Balaban J connectivity index is 1.41. The lowest BCUT2D eigenvalue weighted by atomic mass is 9.96. The van der Waals surface area contributed by atoms with Crippen LogP contribution in [0.2, 0.25) is 0 Å². The van der Waals surface area contributed by atoms with Crippen molar-refractivity contribution < 1.29 is 4.79 Å². The minimum Gasteiger partial charge on any atom is -0.381 e. The summed E-state index contributed by atoms with van der Waals surface area (Å²) in [4.78, 5) is 25.1. The van der Waals surface area contributed by atoms with E-state index in [2.05, 4.69) is 30.9 Å². The predicted octanol–water partition coefficient (Wildman–Crippen LogP) is 4.09. The van der Waals surface area contributed by atoms with Crippen LogP contribution in [0.3, 0.4) is 0 Å². The number of hydrogen-bond donors (Lipinski definition) is 3. The summed E-state index contributed by atoms with van der Waals surface area (Å²) >= 11 is 0. The summed E-state index contributed by atoms with van der Waals surface area (Å²) in [6, 6.07) is 9.86. The van der Waals surface area contributed by atoms with Gasteiger partial charge in [0.1, 0.15) is 0 Å². The van der Waals surface area contributed by atoms with Gasteiger partial charge in [-0.15, -0.1) is 0 Å². The maximum atomic E-state index is 12.2. The predicted molar refractivity (Wildman–Crippen MR) is 110 cm³/mol. The molecule has 1 aliphatic rings. The van der Waals surface area contributed by atoms with E-state index in [4.69, 9.17) is 0 Å². The van der Waals surface area contributed by atoms with Gasteiger partial charge in [0, 0.05) is 42.3 Å². The topological polar surface area (TPSA) is 91.8 Å². The number of benzene rings is 1. The fourth-order valence-electron chi connectivity index (χ4n) is 3.47. The fraction of sp³-hybridized carbons (Fsp3) is 0.333. The molecule has 0 unspecified atom stereocenters. The molecule has 7 nitrogen and oxygen atoms in total. The Morgan fingerprint density at radius 1 is 1.11 bits per heavy atom. The Bertz CT molecular complexity index is 940. The molecule has 7 heteroatoms. The highest BCUT2D eigenvalue weighted by Gasteiger charge is 2.16. The smallest absolute Gasteiger partial charge is 0.321 e. The quantitative estimate of drug-likeness (QED) is 0.624. The molecule has 2 amide bonds. The lowest BCUT2D eigenvalue weighted by Crippen LogP contribution is -2.39. The SMILES string of the molecule is O=C(Nc1ncc2ccc(NCc3cccnc3)cc2n1)NC1CCCCC1. The molecule has 1 aliphatic carbocycles. The van der Waals surface area contributed by atoms with Crippen LogP contribution in [0.1, 0.15) is 37.7 Å². The average molecular weight is 376 g/mol. The van der Waals surface area contributed by atoms with E-state index < -0.39 is 0 Å². The molecule has 0 atom stereocenters. The van der Waals surface area contributed by atoms with Gasteiger partial charge in [-0.3, -0.25) is 10.3 Å². The highest BCUT2D eigenvalue weighted by atomic mass is 16.2. The molecule has 0 radical (unpaired) electrons. The number of pyridine rings is 1. The Labute approximate surface area is 164 Å². The third-order valence-electron chi connectivity index (χ3n) is 4.97. The van der Waals surface area contributed by atoms with Gasteiger partial charge < -0.3 is 10.6 Å². The van der Waals surface area contributed by atoms with E-state index in [0.717, 1.165) is 35.0 Å². The number of carbonyl (C=O) groups excluding carboxylic acids is 1. The van der Waals surface area contributed by atoms with Crippen LogP contribution >= 0.6 is 0 Å². The summed E-state index contributed by atoms with van der Waals surface area (Å²) in [7, 11) is 0. The zero-order valence-corrected chi connectivity index (χ0v) is 15.7. The third-order valence-corrected chi connectivity index (χ3v) is 4.97. The summed E-state index contributed by atoms with van der Waals surface area (Å²) in [5.41, 5.74) is 2.83. The van der Waals surface area contributed by atoms with Crippen LogP contribution in [0.4, 0.5) is 16.4 Å². The molecule has 0 spiro atoms. The Kier molecular flexibility index (Phi) is 5.61. The van der Waals surface area contributed by atoms with Gasteiger partial charge >= 0.3 is 6.03 Å². The van der Waals surface area contributed by atoms with Crippen LogP contribution in [0.5, 0.6) is 0 Å². The number of urea groups is 1. The molecular weight excluding hydrogens is 352 g/mol. The van der Waals surface area contributed by atoms with Crippen molar-refractivity contribution in [2.24, 2.45) is 0 Å². The van der Waals surface area contributed by atoms with E-state index in [0.29, 0.717) is 12.5 Å². The number of nitrogens with zero attached hydrogens (tertiary/aromatic N) is 3. The minimum atomic E-state index is -0.239. The van der Waals surface area contributed by atoms with E-state index in [-0.39, 0.29) is 12.1 Å². The first-order chi connectivity index (χ1) is 13.8. The molecule has 144 valence electrons. The van der Waals surface area contributed by atoms with E-state index in [1.54, 1.807) is 12.4 Å². The molecule has 4 rings (SSSR count). The van der Waals surface area contributed by atoms with Crippen molar-refractivity contribution in [3.63, 3.8) is 0 Å². The zero-order valence-electron chi connectivity index (χ0n) is 15.7. The number of fused-ring (bicyclic) bond motifs is 1. The first-order valence-corrected chi connectivity index (χ1v) is 9.73. The summed E-state index contributed by atoms with van der Waals surface area (Å²) in [6.45, 7) is 0.680. The summed E-state index contributed by atoms with van der Waals surface area (Å²) in [6.07, 6.45) is 11.0. The summed E-state index contributed by atoms with van der Waals surface area (Å²) in [5, 5.41) is 10.1. The highest BCUT2D eigenvalue weighted by Crippen LogP contribution is 2.19. The normalized spacial score (nSPS) is 14.6. The maximum Gasteiger partial charge on any atom is 0.321 e. The van der Waals surface area contributed by atoms with Crippen LogP contribution in [0.25, 0.3) is 10.9 Å². The number of anilines is 2. The molecule has 2 aromatic heterocycles. The van der Waals surface area contributed by atoms with Gasteiger partial charge in [0.25, 0.3) is 0 Å². The van der Waals surface area contributed by atoms with Crippen LogP contribution in [-0.4, -0.2) is 27.0 Å². The Morgan fingerprint density at radius 3 is 2.82 bits per heavy atom. The number of amides is 2. The number of carbonyl (C=O) groups is 1. The first-order valence-electron chi connectivity index (χ1n) is 9.73. The van der Waals surface area contributed by atoms with Gasteiger partial charge in [0.05, 0.1) is 5.52 Å². The van der Waals surface area contributed by atoms with E-state index in [9.17, 15) is 4.79 Å². The second-order valence-electron chi connectivity index (χ2n) is 7.12. The molecule has 3 N–H and O–H groups in total. The highest BCUT2D eigenvalue weighted by molar-refractivity contribution is 5.89. The van der Waals surface area contributed by atoms with Crippen LogP contribution < -0.4 is 16.0 Å². The second-order valence-corrected chi connectivity index (χ2v) is 7.12. The summed E-state index contributed by atoms with van der Waals surface area (Å²) in [5.74, 6) is 0.310. The second kappa shape index (κ2) is 8.65. The molecule has 2 heterocycles. The van der Waals surface area contributed by atoms with Gasteiger partial charge in [0.2, 0.25) is 5.95 Å². The average Bonchev–Trinajstić information content (AvgIpc) is 2.73. The lowest BCUT2D eigenvalue weighted by Gasteiger charge is -2.22. The number of hydrogen-bond acceptors (Lipinski definition) is 5. The van der Waals surface area contributed by atoms with Gasteiger partial charge in [-0.05, 0) is 42.7 Å². The first kappa shape index (κ1) is 18.2. The third kappa shape index (κ3) is 4.73. The van der Waals surface area contributed by atoms with Crippen molar-refractivity contribution in [1.29, 1.82) is 0 Å². The van der Waals surface area contributed by atoms with Crippen molar-refractivity contribution >= 4 is 28.6 Å². The number of aromatic nitrogens is 3. The van der Waals surface area contributed by atoms with Crippen molar-refractivity contribution in [3.05, 3.63) is 54.5 Å². The van der Waals surface area contributed by atoms with Gasteiger partial charge in [0.15, 0.2) is 0 Å². The number of rotatable bonds is 5. The molecular formula is C21H24N6O. The lowest BCUT2D eigenvalue weighted by molar-refractivity contribution is 0.244. The van der Waals surface area contributed by atoms with Crippen molar-refractivity contribution in [3.8, 4) is 0 Å². The molecule has 0 bridgehead atoms. The standard InChI is InChI=1S/C21H24N6O/c28-21(25-17-6-2-1-3-7-17)27-20-24-14-16-8-9-18(11-19(16)26-20)23-13-15-5-4-10-22-12-15/h4-5,8-12,14,17,23H,1-3,6-7,13H2,(H2,24,25,26,27,28). The van der Waals surface area contributed by atoms with E-state index >= 15 is 0 Å². The Morgan fingerprint density at radius 2 is 2.00 bits per heavy atom. The van der Waals surface area contributed by atoms with Gasteiger partial charge in [-0.2, -0.15) is 0 Å². The molecule has 28 heavy (non-hydrogen) atoms. The molecule has 0 aliphatic heterocycles. The van der Waals surface area contributed by atoms with E-state index in [1.165, 1.54) is 19.3 Å². The van der Waals surface area contributed by atoms with Crippen LogP contribution in [-0.2, 0) is 6.54 Å². The van der Waals surface area contributed by atoms with Crippen LogP contribution in [0, 0.1) is 0 Å². The molecule has 3 aromatic rings. The molecule has 1 saturated carbocycles. The molecule has 0 saturated heterocycles. The van der Waals surface area contributed by atoms with Crippen LogP contribution in [0.15, 0.2) is 48.9 Å². The van der Waals surface area contributed by atoms with Crippen molar-refractivity contribution in [2.45, 2.75) is 44.7 Å². The number of nitrogens with one attached hydrogen (secondary N) is 3.